The van der Waals surface area contributed by atoms with Crippen LogP contribution >= 0.6 is 0 Å². The monoisotopic (exact) mass is 453 g/mol. The molecule has 3 N–H and O–H groups in total. The van der Waals surface area contributed by atoms with Gasteiger partial charge in [0.25, 0.3) is 5.91 Å². The van der Waals surface area contributed by atoms with Crippen LogP contribution in [-0.2, 0) is 16.0 Å². The Balaban J connectivity index is 2.09. The zero-order valence-corrected chi connectivity index (χ0v) is 19.9. The largest absolute Gasteiger partial charge is 0.507 e. The van der Waals surface area contributed by atoms with E-state index in [9.17, 15) is 24.6 Å². The van der Waals surface area contributed by atoms with E-state index in [0.29, 0.717) is 17.5 Å². The maximum Gasteiger partial charge on any atom is 0.256 e. The Labute approximate surface area is 195 Å². The van der Waals surface area contributed by atoms with E-state index < -0.39 is 11.9 Å². The van der Waals surface area contributed by atoms with Crippen LogP contribution in [0.1, 0.15) is 93.1 Å². The smallest absolute Gasteiger partial charge is 0.256 e. The maximum absolute atomic E-state index is 13.3. The van der Waals surface area contributed by atoms with Crippen LogP contribution < -0.4 is 5.32 Å². The second-order valence-electron chi connectivity index (χ2n) is 9.52. The van der Waals surface area contributed by atoms with E-state index in [1.807, 2.05) is 19.9 Å². The van der Waals surface area contributed by atoms with Crippen molar-refractivity contribution in [3.05, 3.63) is 46.6 Å². The molecule has 3 rings (SSSR count). The highest BCUT2D eigenvalue weighted by molar-refractivity contribution is 6.15. The molecular weight excluding hydrogens is 418 g/mol. The summed E-state index contributed by atoms with van der Waals surface area (Å²) < 4.78 is 0. The van der Waals surface area contributed by atoms with Crippen molar-refractivity contribution in [2.45, 2.75) is 84.1 Å². The summed E-state index contributed by atoms with van der Waals surface area (Å²) in [5, 5.41) is 24.9. The molecule has 6 nitrogen and oxygen atoms in total. The van der Waals surface area contributed by atoms with Crippen molar-refractivity contribution in [2.75, 3.05) is 0 Å². The molecule has 2 atom stereocenters. The molecule has 0 saturated heterocycles. The summed E-state index contributed by atoms with van der Waals surface area (Å²) in [4.78, 5) is 37.5. The fraction of sp³-hybridized carbons (Fsp3) is 0.519. The summed E-state index contributed by atoms with van der Waals surface area (Å²) in [5.74, 6) is -1.91. The Kier molecular flexibility index (Phi) is 7.77. The van der Waals surface area contributed by atoms with Gasteiger partial charge < -0.3 is 15.5 Å². The molecule has 0 aliphatic heterocycles. The van der Waals surface area contributed by atoms with Gasteiger partial charge in [-0.3, -0.25) is 14.4 Å². The molecule has 1 amide bonds. The number of phenols is 2. The molecule has 1 unspecified atom stereocenters. The van der Waals surface area contributed by atoms with Gasteiger partial charge in [-0.2, -0.15) is 0 Å². The number of carbonyl (C=O) groups is 3. The number of hydrogen-bond donors (Lipinski definition) is 3. The second kappa shape index (κ2) is 10.4. The van der Waals surface area contributed by atoms with E-state index in [4.69, 9.17) is 0 Å². The van der Waals surface area contributed by atoms with Crippen LogP contribution in [-0.4, -0.2) is 33.7 Å². The minimum absolute atomic E-state index is 0.0188. The number of amides is 1. The van der Waals surface area contributed by atoms with Crippen LogP contribution in [0.5, 0.6) is 11.5 Å². The van der Waals surface area contributed by atoms with Crippen LogP contribution in [0.15, 0.2) is 29.9 Å². The van der Waals surface area contributed by atoms with Crippen LogP contribution in [0.3, 0.4) is 0 Å². The molecule has 1 aromatic rings. The van der Waals surface area contributed by atoms with Gasteiger partial charge in [0.1, 0.15) is 17.5 Å². The molecule has 0 radical (unpaired) electrons. The third-order valence-corrected chi connectivity index (χ3v) is 6.93. The minimum Gasteiger partial charge on any atom is -0.507 e. The Morgan fingerprint density at radius 3 is 2.42 bits per heavy atom. The molecule has 1 fully saturated rings. The lowest BCUT2D eigenvalue weighted by Gasteiger charge is -2.32. The van der Waals surface area contributed by atoms with Crippen LogP contribution in [0.25, 0.3) is 0 Å². The fourth-order valence-corrected chi connectivity index (χ4v) is 5.05. The number of nitrogens with one attached hydrogen (secondary N) is 1. The van der Waals surface area contributed by atoms with Gasteiger partial charge in [-0.05, 0) is 57.1 Å². The zero-order valence-electron chi connectivity index (χ0n) is 19.9. The quantitative estimate of drug-likeness (QED) is 0.296. The zero-order chi connectivity index (χ0) is 24.3. The molecule has 178 valence electrons. The van der Waals surface area contributed by atoms with E-state index in [0.717, 1.165) is 43.3 Å². The molecule has 1 saturated carbocycles. The molecule has 6 heteroatoms. The SMILES string of the molecule is C=C(C)[C@@H]1CCC(C)=CC1c1c(O)cc(CCCCC)c(C(=O)NC2C(=O)CCC2=O)c1O. The first kappa shape index (κ1) is 24.7. The van der Waals surface area contributed by atoms with Crippen molar-refractivity contribution in [3.8, 4) is 11.5 Å². The van der Waals surface area contributed by atoms with Crippen molar-refractivity contribution >= 4 is 17.5 Å². The summed E-state index contributed by atoms with van der Waals surface area (Å²) in [7, 11) is 0. The summed E-state index contributed by atoms with van der Waals surface area (Å²) >= 11 is 0. The number of benzene rings is 1. The Bertz CT molecular complexity index is 990. The van der Waals surface area contributed by atoms with Crippen molar-refractivity contribution in [1.29, 1.82) is 0 Å². The Hall–Kier alpha value is -2.89. The van der Waals surface area contributed by atoms with Crippen molar-refractivity contribution in [3.63, 3.8) is 0 Å². The first-order chi connectivity index (χ1) is 15.6. The molecule has 2 aliphatic rings. The molecule has 2 aliphatic carbocycles. The van der Waals surface area contributed by atoms with Crippen LogP contribution in [0.4, 0.5) is 0 Å². The number of Topliss-reactive ketones (excluding diaryl/α,β-unsaturated/α-hetero) is 2. The lowest BCUT2D eigenvalue weighted by atomic mass is 9.73. The molecular formula is C27H35NO5. The minimum atomic E-state index is -1.17. The molecule has 0 bridgehead atoms. The van der Waals surface area contributed by atoms with Gasteiger partial charge in [0.15, 0.2) is 11.6 Å². The highest BCUT2D eigenvalue weighted by atomic mass is 16.3. The summed E-state index contributed by atoms with van der Waals surface area (Å²) in [6.07, 6.45) is 7.21. The van der Waals surface area contributed by atoms with E-state index in [1.54, 1.807) is 6.07 Å². The number of ketones is 2. The van der Waals surface area contributed by atoms with Gasteiger partial charge in [-0.15, -0.1) is 0 Å². The molecule has 33 heavy (non-hydrogen) atoms. The fourth-order valence-electron chi connectivity index (χ4n) is 5.05. The second-order valence-corrected chi connectivity index (χ2v) is 9.52. The highest BCUT2D eigenvalue weighted by Crippen LogP contribution is 2.48. The van der Waals surface area contributed by atoms with Gasteiger partial charge in [-0.25, -0.2) is 0 Å². The van der Waals surface area contributed by atoms with Crippen molar-refractivity contribution in [2.24, 2.45) is 5.92 Å². The average Bonchev–Trinajstić information content (AvgIpc) is 3.05. The first-order valence-electron chi connectivity index (χ1n) is 11.9. The summed E-state index contributed by atoms with van der Waals surface area (Å²) in [6.45, 7) is 10.1. The van der Waals surface area contributed by atoms with Crippen LogP contribution in [0, 0.1) is 5.92 Å². The number of aromatic hydroxyl groups is 2. The number of allylic oxidation sites excluding steroid dienone is 3. The third kappa shape index (κ3) is 5.21. The maximum atomic E-state index is 13.3. The molecule has 0 spiro atoms. The average molecular weight is 454 g/mol. The third-order valence-electron chi connectivity index (χ3n) is 6.93. The summed E-state index contributed by atoms with van der Waals surface area (Å²) in [5.41, 5.74) is 2.96. The number of carbonyl (C=O) groups excluding carboxylic acids is 3. The first-order valence-corrected chi connectivity index (χ1v) is 11.9. The molecule has 1 aromatic carbocycles. The number of unbranched alkanes of at least 4 members (excludes halogenated alkanes) is 2. The standard InChI is InChI=1S/C27H35NO5/c1-5-6-7-8-17-14-22(31)24(19-13-16(4)9-10-18(19)15(2)3)26(32)23(17)27(33)28-25-20(29)11-12-21(25)30/h13-14,18-19,25,31-32H,2,5-12H2,1,3-4H3,(H,28,33)/t18-,19?/m0/s1. The van der Waals surface area contributed by atoms with Gasteiger partial charge in [0.05, 0.1) is 5.56 Å². The van der Waals surface area contributed by atoms with Crippen LogP contribution in [0.2, 0.25) is 0 Å². The van der Waals surface area contributed by atoms with Gasteiger partial charge >= 0.3 is 0 Å². The topological polar surface area (TPSA) is 104 Å². The Morgan fingerprint density at radius 2 is 1.82 bits per heavy atom. The number of hydrogen-bond acceptors (Lipinski definition) is 5. The van der Waals surface area contributed by atoms with Crippen molar-refractivity contribution in [1.82, 2.24) is 5.32 Å². The lowest BCUT2D eigenvalue weighted by Crippen LogP contribution is -2.42. The predicted molar refractivity (Wildman–Crippen MR) is 128 cm³/mol. The van der Waals surface area contributed by atoms with E-state index in [1.165, 1.54) is 0 Å². The van der Waals surface area contributed by atoms with Gasteiger partial charge in [0.2, 0.25) is 0 Å². The number of phenolic OH excluding ortho intramolecular Hbond substituents is 2. The normalized spacial score (nSPS) is 21.2. The van der Waals surface area contributed by atoms with E-state index in [-0.39, 0.29) is 53.3 Å². The van der Waals surface area contributed by atoms with Gasteiger partial charge in [-0.1, -0.05) is 43.6 Å². The van der Waals surface area contributed by atoms with Gasteiger partial charge in [0, 0.05) is 24.3 Å². The predicted octanol–water partition coefficient (Wildman–Crippen LogP) is 4.88. The van der Waals surface area contributed by atoms with E-state index >= 15 is 0 Å². The summed E-state index contributed by atoms with van der Waals surface area (Å²) in [6, 6.07) is 0.392. The lowest BCUT2D eigenvalue weighted by molar-refractivity contribution is -0.124. The Morgan fingerprint density at radius 1 is 1.15 bits per heavy atom. The molecule has 0 aromatic heterocycles. The number of rotatable bonds is 8. The van der Waals surface area contributed by atoms with Crippen molar-refractivity contribution < 1.29 is 24.6 Å². The van der Waals surface area contributed by atoms with E-state index in [2.05, 4.69) is 18.8 Å². The molecule has 0 heterocycles. The number of aryl methyl sites for hydroxylation is 1. The highest BCUT2D eigenvalue weighted by Gasteiger charge is 2.37.